The van der Waals surface area contributed by atoms with Crippen LogP contribution in [0.2, 0.25) is 0 Å². The highest BCUT2D eigenvalue weighted by molar-refractivity contribution is 6.19. The Hall–Kier alpha value is -3.44. The molecule has 0 bridgehead atoms. The van der Waals surface area contributed by atoms with Gasteiger partial charge in [-0.2, -0.15) is 4.57 Å². The molecule has 1 unspecified atom stereocenters. The number of amidine groups is 1. The van der Waals surface area contributed by atoms with Gasteiger partial charge in [0.25, 0.3) is 5.91 Å². The number of aliphatic imine (C=N–C) groups is 1. The molecule has 0 saturated carbocycles. The highest BCUT2D eigenvalue weighted by Gasteiger charge is 2.53. The van der Waals surface area contributed by atoms with E-state index >= 15 is 0 Å². The van der Waals surface area contributed by atoms with Crippen molar-refractivity contribution >= 4 is 23.7 Å². The quantitative estimate of drug-likeness (QED) is 0.584. The Balaban J connectivity index is 1.49. The van der Waals surface area contributed by atoms with Crippen molar-refractivity contribution in [3.63, 3.8) is 0 Å². The number of fused-ring (bicyclic) bond motifs is 3. The van der Waals surface area contributed by atoms with Crippen LogP contribution in [0.3, 0.4) is 0 Å². The van der Waals surface area contributed by atoms with Gasteiger partial charge in [-0.05, 0) is 19.1 Å². The number of rotatable bonds is 6. The van der Waals surface area contributed by atoms with E-state index in [1.54, 1.807) is 27.3 Å². The number of hydrogen-bond donors (Lipinski definition) is 0. The highest BCUT2D eigenvalue weighted by Crippen LogP contribution is 2.35. The van der Waals surface area contributed by atoms with Gasteiger partial charge >= 0.3 is 12.0 Å². The largest absolute Gasteiger partial charge is 0.497 e. The summed E-state index contributed by atoms with van der Waals surface area (Å²) in [5.74, 6) is 2.00. The summed E-state index contributed by atoms with van der Waals surface area (Å²) in [6.45, 7) is 5.83. The topological polar surface area (TPSA) is 92.7 Å². The summed E-state index contributed by atoms with van der Waals surface area (Å²) in [6.07, 6.45) is 1.89. The first-order valence-electron chi connectivity index (χ1n) is 11.3. The van der Waals surface area contributed by atoms with E-state index in [-0.39, 0.29) is 11.9 Å². The minimum atomic E-state index is -0.688. The Morgan fingerprint density at radius 1 is 1.15 bits per heavy atom. The van der Waals surface area contributed by atoms with Gasteiger partial charge in [0.05, 0.1) is 27.4 Å². The second-order valence-electron chi connectivity index (χ2n) is 8.51. The summed E-state index contributed by atoms with van der Waals surface area (Å²) in [5, 5.41) is 0. The number of aryl methyl sites for hydroxylation is 1. The molecule has 0 N–H and O–H groups in total. The van der Waals surface area contributed by atoms with E-state index in [4.69, 9.17) is 19.2 Å². The first-order chi connectivity index (χ1) is 16.4. The maximum atomic E-state index is 13.5. The smallest absolute Gasteiger partial charge is 0.407 e. The van der Waals surface area contributed by atoms with Gasteiger partial charge in [-0.25, -0.2) is 9.36 Å². The number of ether oxygens (including phenoxy) is 3. The lowest BCUT2D eigenvalue weighted by atomic mass is 10.1. The van der Waals surface area contributed by atoms with Crippen molar-refractivity contribution in [1.29, 1.82) is 0 Å². The Morgan fingerprint density at radius 3 is 2.62 bits per heavy atom. The fourth-order valence-corrected chi connectivity index (χ4v) is 4.72. The number of morpholine rings is 1. The first-order valence-corrected chi connectivity index (χ1v) is 11.3. The zero-order valence-electron chi connectivity index (χ0n) is 19.9. The molecule has 4 heterocycles. The van der Waals surface area contributed by atoms with Gasteiger partial charge in [0.2, 0.25) is 11.9 Å². The van der Waals surface area contributed by atoms with E-state index in [1.807, 2.05) is 34.4 Å². The molecule has 0 radical (unpaired) electrons. The summed E-state index contributed by atoms with van der Waals surface area (Å²) in [6, 6.07) is 4.49. The van der Waals surface area contributed by atoms with Crippen molar-refractivity contribution in [3.05, 3.63) is 30.1 Å². The Labute approximate surface area is 197 Å². The fraction of sp³-hybridized carbons (Fsp3) is 0.478. The summed E-state index contributed by atoms with van der Waals surface area (Å²) in [7, 11) is 4.86. The third-order valence-electron chi connectivity index (χ3n) is 6.58. The minimum Gasteiger partial charge on any atom is -0.497 e. The van der Waals surface area contributed by atoms with E-state index < -0.39 is 6.04 Å². The molecule has 3 aliphatic rings. The Bertz CT molecular complexity index is 1170. The van der Waals surface area contributed by atoms with Gasteiger partial charge in [0.15, 0.2) is 5.75 Å². The summed E-state index contributed by atoms with van der Waals surface area (Å²) in [4.78, 5) is 36.4. The van der Waals surface area contributed by atoms with Crippen molar-refractivity contribution < 1.29 is 28.4 Å². The molecule has 2 fully saturated rings. The van der Waals surface area contributed by atoms with Gasteiger partial charge in [-0.1, -0.05) is 4.99 Å². The zero-order valence-corrected chi connectivity index (χ0v) is 19.9. The number of methoxy groups -OCH3 is 2. The number of hydrogen-bond acceptors (Lipinski definition) is 7. The number of likely N-dealkylation sites (N-methyl/N-ethyl adjacent to an activating group) is 1. The van der Waals surface area contributed by atoms with Gasteiger partial charge in [0.1, 0.15) is 23.3 Å². The zero-order chi connectivity index (χ0) is 24.0. The summed E-state index contributed by atoms with van der Waals surface area (Å²) >= 11 is 0. The van der Waals surface area contributed by atoms with Crippen LogP contribution in [0, 0.1) is 6.92 Å². The molecular formula is C23H29N6O5+. The number of nitrogens with zero attached hydrogens (tertiary/aromatic N) is 6. The number of imide groups is 1. The van der Waals surface area contributed by atoms with Crippen LogP contribution >= 0.6 is 0 Å². The number of carbonyl (C=O) groups is 2. The van der Waals surface area contributed by atoms with Crippen LogP contribution in [0.5, 0.6) is 11.5 Å². The maximum Gasteiger partial charge on any atom is 0.407 e. The molecule has 34 heavy (non-hydrogen) atoms. The van der Waals surface area contributed by atoms with Crippen LogP contribution < -0.4 is 14.0 Å². The van der Waals surface area contributed by atoms with Gasteiger partial charge < -0.3 is 14.2 Å². The molecule has 1 aromatic carbocycles. The predicted molar refractivity (Wildman–Crippen MR) is 122 cm³/mol. The fourth-order valence-electron chi connectivity index (χ4n) is 4.72. The van der Waals surface area contributed by atoms with E-state index in [9.17, 15) is 9.59 Å². The molecule has 0 spiro atoms. The number of imidazole rings is 1. The van der Waals surface area contributed by atoms with Crippen molar-refractivity contribution in [2.24, 2.45) is 4.99 Å². The van der Waals surface area contributed by atoms with Crippen molar-refractivity contribution in [2.75, 3.05) is 60.7 Å². The molecule has 180 valence electrons. The number of amides is 3. The Kier molecular flexibility index (Phi) is 5.74. The van der Waals surface area contributed by atoms with Gasteiger partial charge in [0, 0.05) is 39.3 Å². The summed E-state index contributed by atoms with van der Waals surface area (Å²) in [5.41, 5.74) is 1.65. The molecule has 2 aromatic rings. The number of carbonyl (C=O) groups excluding carboxylic acids is 2. The van der Waals surface area contributed by atoms with Crippen molar-refractivity contribution in [1.82, 2.24) is 19.3 Å². The lowest BCUT2D eigenvalue weighted by Crippen LogP contribution is -2.63. The lowest BCUT2D eigenvalue weighted by molar-refractivity contribution is -0.676. The average molecular weight is 470 g/mol. The normalized spacial score (nSPS) is 20.4. The number of benzene rings is 1. The third-order valence-corrected chi connectivity index (χ3v) is 6.58. The predicted octanol–water partition coefficient (Wildman–Crippen LogP) is 0.901. The van der Waals surface area contributed by atoms with E-state index in [0.29, 0.717) is 49.6 Å². The second kappa shape index (κ2) is 8.73. The van der Waals surface area contributed by atoms with Crippen LogP contribution in [0.25, 0.3) is 5.69 Å². The minimum absolute atomic E-state index is 0.266. The van der Waals surface area contributed by atoms with E-state index in [0.717, 1.165) is 24.5 Å². The monoisotopic (exact) mass is 469 g/mol. The van der Waals surface area contributed by atoms with E-state index in [2.05, 4.69) is 4.90 Å². The van der Waals surface area contributed by atoms with Crippen LogP contribution in [0.15, 0.2) is 29.4 Å². The molecule has 0 aliphatic carbocycles. The number of aromatic nitrogens is 2. The second-order valence-corrected chi connectivity index (χ2v) is 8.51. The third kappa shape index (κ3) is 3.51. The van der Waals surface area contributed by atoms with E-state index in [1.165, 1.54) is 9.80 Å². The lowest BCUT2D eigenvalue weighted by Gasteiger charge is -2.35. The Morgan fingerprint density at radius 2 is 1.91 bits per heavy atom. The number of urea groups is 1. The molecule has 1 aromatic heterocycles. The van der Waals surface area contributed by atoms with Gasteiger partial charge in [-0.3, -0.25) is 19.5 Å². The maximum absolute atomic E-state index is 13.5. The SMILES string of the molecule is COc1ccc(-n2c(C)c[n+]3c2N=C2C3C(=O)N(CCN3CCOCC3)C(=O)N2C)c(OC)c1. The molecule has 1 atom stereocenters. The molecule has 5 rings (SSSR count). The standard InChI is InChI=1S/C23H29N6O5/c1-15-14-28-19-20(24-22(28)29(15)17-6-5-16(32-3)13-18(17)33-4)25(2)23(31)27(21(19)30)8-7-26-9-11-34-12-10-26/h5-6,13-14,19H,7-12H2,1-4H3/q+1. The van der Waals surface area contributed by atoms with Crippen LogP contribution in [-0.2, 0) is 9.53 Å². The summed E-state index contributed by atoms with van der Waals surface area (Å²) < 4.78 is 20.1. The van der Waals surface area contributed by atoms with Gasteiger partial charge in [-0.15, -0.1) is 0 Å². The van der Waals surface area contributed by atoms with Crippen molar-refractivity contribution in [2.45, 2.75) is 13.0 Å². The first kappa shape index (κ1) is 22.4. The average Bonchev–Trinajstić information content (AvgIpc) is 3.37. The molecule has 2 saturated heterocycles. The molecule has 3 aliphatic heterocycles. The molecule has 3 amide bonds. The van der Waals surface area contributed by atoms with Crippen LogP contribution in [0.4, 0.5) is 10.7 Å². The van der Waals surface area contributed by atoms with Crippen LogP contribution in [0.1, 0.15) is 11.7 Å². The molecule has 11 heteroatoms. The van der Waals surface area contributed by atoms with Crippen molar-refractivity contribution in [3.8, 4) is 17.2 Å². The highest BCUT2D eigenvalue weighted by atomic mass is 16.5. The van der Waals surface area contributed by atoms with Crippen LogP contribution in [-0.4, -0.2) is 97.7 Å². The molecular weight excluding hydrogens is 440 g/mol. The molecule has 11 nitrogen and oxygen atoms in total.